The Bertz CT molecular complexity index is 6040. The molecule has 11 aromatic rings. The second-order valence-corrected chi connectivity index (χ2v) is 21.0. The maximum Gasteiger partial charge on any atom is 0.351 e. The average Bonchev–Trinajstić information content (AvgIpc) is 1.17. The summed E-state index contributed by atoms with van der Waals surface area (Å²) in [6.45, 7) is 1.69. The van der Waals surface area contributed by atoms with E-state index in [-0.39, 0.29) is 131 Å². The highest BCUT2D eigenvalue weighted by molar-refractivity contribution is 7.25. The number of benzene rings is 5. The Morgan fingerprint density at radius 2 is 0.869 bits per heavy atom. The first kappa shape index (κ1) is 64.4. The van der Waals surface area contributed by atoms with Crippen LogP contribution in [0, 0.1) is 113 Å². The summed E-state index contributed by atoms with van der Waals surface area (Å²) in [7, 11) is 0. The lowest BCUT2D eigenvalue weighted by molar-refractivity contribution is -0.136. The first-order valence-corrected chi connectivity index (χ1v) is 28.9. The van der Waals surface area contributed by atoms with Crippen molar-refractivity contribution in [2.45, 2.75) is 6.92 Å². The number of carbonyl (C=O) groups is 5. The van der Waals surface area contributed by atoms with E-state index in [1.54, 1.807) is 110 Å². The predicted octanol–water partition coefficient (Wildman–Crippen LogP) is 6.45. The van der Waals surface area contributed by atoms with Crippen LogP contribution < -0.4 is 16.0 Å². The molecule has 15 rings (SSSR count). The van der Waals surface area contributed by atoms with E-state index in [2.05, 4.69) is 55.2 Å². The van der Waals surface area contributed by atoms with Gasteiger partial charge in [0.1, 0.15) is 121 Å². The highest BCUT2D eigenvalue weighted by Crippen LogP contribution is 2.38. The third-order valence-electron chi connectivity index (χ3n) is 14.5. The Balaban J connectivity index is 0.000000126. The van der Waals surface area contributed by atoms with Crippen molar-refractivity contribution in [3.05, 3.63) is 222 Å². The van der Waals surface area contributed by atoms with Crippen molar-refractivity contribution >= 4 is 78.0 Å². The zero-order valence-corrected chi connectivity index (χ0v) is 50.7. The van der Waals surface area contributed by atoms with Gasteiger partial charge < -0.3 is 14.9 Å². The summed E-state index contributed by atoms with van der Waals surface area (Å²) in [4.78, 5) is 102. The molecule has 0 fully saturated rings. The number of thiophene rings is 1. The molecule has 0 saturated heterocycles. The molecule has 5 aromatic carbocycles. The van der Waals surface area contributed by atoms with E-state index < -0.39 is 28.9 Å². The van der Waals surface area contributed by atoms with Gasteiger partial charge in [0.15, 0.2) is 68.9 Å². The van der Waals surface area contributed by atoms with Gasteiger partial charge in [-0.25, -0.2) is 54.6 Å². The highest BCUT2D eigenvalue weighted by Gasteiger charge is 2.35. The fraction of sp³-hybridized carbons (Fsp3) is 0.0290. The van der Waals surface area contributed by atoms with E-state index in [1.807, 2.05) is 42.5 Å². The van der Waals surface area contributed by atoms with E-state index in [0.717, 1.165) is 10.1 Å². The normalized spacial score (nSPS) is 11.6. The number of ether oxygens (including phenoxy) is 1. The molecular formula is C69H27N21O8S. The summed E-state index contributed by atoms with van der Waals surface area (Å²) in [6.07, 6.45) is 1.70. The number of aliphatic hydroxyl groups is 1. The number of anilines is 1. The highest BCUT2D eigenvalue weighted by atomic mass is 32.1. The van der Waals surface area contributed by atoms with Crippen LogP contribution >= 0.6 is 11.3 Å². The number of fused-ring (bicyclic) bond motifs is 14. The van der Waals surface area contributed by atoms with Gasteiger partial charge in [-0.05, 0) is 31.2 Å². The van der Waals surface area contributed by atoms with Crippen LogP contribution in [0.3, 0.4) is 0 Å². The molecule has 6 heterocycles. The van der Waals surface area contributed by atoms with E-state index >= 15 is 0 Å². The Labute approximate surface area is 558 Å². The van der Waals surface area contributed by atoms with Crippen LogP contribution in [0.4, 0.5) is 5.82 Å². The number of esters is 1. The molecule has 0 bridgehead atoms. The van der Waals surface area contributed by atoms with Crippen molar-refractivity contribution in [3.8, 4) is 100 Å². The summed E-state index contributed by atoms with van der Waals surface area (Å²) in [5.41, 5.74) is 3.76. The number of nitriles is 10. The summed E-state index contributed by atoms with van der Waals surface area (Å²) < 4.78 is 5.89. The van der Waals surface area contributed by atoms with Gasteiger partial charge in [0.05, 0.1) is 6.61 Å². The van der Waals surface area contributed by atoms with Crippen LogP contribution in [0.1, 0.15) is 122 Å². The second kappa shape index (κ2) is 27.0. The minimum atomic E-state index is -0.870. The number of nitrogens with zero attached hydrogens (tertiary/aromatic N) is 20. The zero-order chi connectivity index (χ0) is 70.3. The minimum Gasteiger partial charge on any atom is -0.508 e. The van der Waals surface area contributed by atoms with Crippen LogP contribution in [-0.4, -0.2) is 95.8 Å². The zero-order valence-electron chi connectivity index (χ0n) is 49.9. The summed E-state index contributed by atoms with van der Waals surface area (Å²) >= 11 is 1.48. The minimum absolute atomic E-state index is 0.0381. The SMILES string of the molecule is CCOC(=O)C(C#N)=c1nc2c(nc1C#N)=C(O)c1ccccc1-2.N#CNc1nc2c(nc1C#N)C(=O)c1ccccc1-2.N#Cc1nc2c(nc1C#N)-c1ccc(O)cc1C2=O.N#Cc1nc2c(nc1C#N)C(=O)c1ccccc1C2=O.N#Cc1nc2sc3ccccc3c2nc1C#N. The fourth-order valence-corrected chi connectivity index (χ4v) is 11.2. The molecule has 99 heavy (non-hydrogen) atoms. The second-order valence-electron chi connectivity index (χ2n) is 20.0. The molecular weight excluding hydrogens is 1280 g/mol. The third-order valence-corrected chi connectivity index (χ3v) is 15.6. The Hall–Kier alpha value is -16.1. The number of rotatable bonds is 3. The molecule has 0 spiro atoms. The molecule has 0 saturated carbocycles. The lowest BCUT2D eigenvalue weighted by atomic mass is 9.89. The summed E-state index contributed by atoms with van der Waals surface area (Å²) in [5, 5.41) is 112. The molecule has 3 N–H and O–H groups in total. The van der Waals surface area contributed by atoms with E-state index in [9.17, 15) is 44.7 Å². The predicted molar refractivity (Wildman–Crippen MR) is 338 cm³/mol. The van der Waals surface area contributed by atoms with Gasteiger partial charge in [-0.2, -0.15) is 52.6 Å². The number of hydrogen-bond donors (Lipinski definition) is 3. The van der Waals surface area contributed by atoms with E-state index in [1.165, 1.54) is 41.7 Å². The molecule has 0 amide bonds. The molecule has 30 heteroatoms. The first-order chi connectivity index (χ1) is 48.0. The van der Waals surface area contributed by atoms with Gasteiger partial charge in [0.25, 0.3) is 0 Å². The van der Waals surface area contributed by atoms with Crippen LogP contribution in [0.15, 0.2) is 115 Å². The number of phenolic OH excluding ortho intramolecular Hbond substituents is 1. The van der Waals surface area contributed by atoms with Crippen molar-refractivity contribution in [2.24, 2.45) is 0 Å². The molecule has 6 aromatic heterocycles. The molecule has 0 unspecified atom stereocenters. The Morgan fingerprint density at radius 1 is 0.444 bits per heavy atom. The molecule has 0 atom stereocenters. The molecule has 462 valence electrons. The lowest BCUT2D eigenvalue weighted by Gasteiger charge is -2.15. The number of phenols is 1. The topological polar surface area (TPSA) is 514 Å². The van der Waals surface area contributed by atoms with Gasteiger partial charge in [0.2, 0.25) is 23.1 Å². The number of nitrogens with one attached hydrogen (secondary N) is 1. The molecule has 0 radical (unpaired) electrons. The first-order valence-electron chi connectivity index (χ1n) is 28.1. The maximum atomic E-state index is 12.3. The standard InChI is InChI=1S/C17H10N4O3.C14H4N4O2.C13H5N5O.C13H4N4O2.C12H4N4S/c1-2-24-17(23)11(7-18)13-12(8-19)20-15-14(21-13)9-5-3-4-6-10(9)16(15)22;15-5-9-10(6-16)18-12-11(17-9)13(19)7-3-1-2-4-8(7)14(12)20;14-5-9-13(16-6-15)18-10-7-3-1-2-4-8(7)12(19)11(10)17-9;14-4-9-10(5-15)17-12-11(16-9)7-2-1-6(18)3-8(7)13(12)19;13-5-8-9(6-14)16-12-11(15-8)7-3-1-2-4-10(7)17-12/h3-6,22H,2H2,1H3;1-4H;1-4H,(H,16,18);1-3,18H;1-4H. The summed E-state index contributed by atoms with van der Waals surface area (Å²) in [6, 6.07) is 48.3. The number of aromatic nitrogens is 10. The van der Waals surface area contributed by atoms with Gasteiger partial charge in [-0.1, -0.05) is 91.0 Å². The average molecular weight is 1310 g/mol. The largest absolute Gasteiger partial charge is 0.508 e. The van der Waals surface area contributed by atoms with Crippen LogP contribution in [-0.2, 0) is 9.53 Å². The fourth-order valence-electron chi connectivity index (χ4n) is 10.2. The summed E-state index contributed by atoms with van der Waals surface area (Å²) in [5.74, 6) is -2.54. The van der Waals surface area contributed by atoms with E-state index in [0.29, 0.717) is 49.6 Å². The Kier molecular flexibility index (Phi) is 17.6. The molecule has 4 aliphatic carbocycles. The molecule has 0 aliphatic heterocycles. The number of carbonyl (C=O) groups excluding carboxylic acids is 5. The monoisotopic (exact) mass is 1310 g/mol. The van der Waals surface area contributed by atoms with Gasteiger partial charge >= 0.3 is 5.97 Å². The van der Waals surface area contributed by atoms with Crippen LogP contribution in [0.5, 0.6) is 5.75 Å². The number of aromatic hydroxyl groups is 1. The van der Waals surface area contributed by atoms with Gasteiger partial charge in [0, 0.05) is 54.6 Å². The quantitative estimate of drug-likeness (QED) is 0.0971. The number of aliphatic hydroxyl groups excluding tert-OH is 1. The van der Waals surface area contributed by atoms with Crippen molar-refractivity contribution in [1.29, 1.82) is 52.6 Å². The van der Waals surface area contributed by atoms with E-state index in [4.69, 9.17) is 46.8 Å². The lowest BCUT2D eigenvalue weighted by Crippen LogP contribution is -2.29. The number of hydrogen-bond acceptors (Lipinski definition) is 30. The number of ketones is 4. The maximum absolute atomic E-state index is 12.3. The van der Waals surface area contributed by atoms with Crippen LogP contribution in [0.25, 0.3) is 65.5 Å². The van der Waals surface area contributed by atoms with Crippen molar-refractivity contribution in [3.63, 3.8) is 0 Å². The van der Waals surface area contributed by atoms with Crippen molar-refractivity contribution in [1.82, 2.24) is 49.8 Å². The molecule has 29 nitrogen and oxygen atoms in total. The van der Waals surface area contributed by atoms with Crippen molar-refractivity contribution < 1.29 is 38.9 Å². The van der Waals surface area contributed by atoms with Gasteiger partial charge in [-0.15, -0.1) is 11.3 Å². The Morgan fingerprint density at radius 3 is 1.39 bits per heavy atom. The van der Waals surface area contributed by atoms with Crippen molar-refractivity contribution in [2.75, 3.05) is 11.9 Å². The molecule has 4 aliphatic rings. The smallest absolute Gasteiger partial charge is 0.351 e. The van der Waals surface area contributed by atoms with Crippen LogP contribution in [0.2, 0.25) is 0 Å². The van der Waals surface area contributed by atoms with Gasteiger partial charge in [-0.3, -0.25) is 24.5 Å². The third kappa shape index (κ3) is 11.5.